The molecule has 17 heavy (non-hydrogen) atoms. The quantitative estimate of drug-likeness (QED) is 0.827. The van der Waals surface area contributed by atoms with Gasteiger partial charge in [-0.1, -0.05) is 18.2 Å². The van der Waals surface area contributed by atoms with Crippen molar-refractivity contribution in [1.82, 2.24) is 9.71 Å². The van der Waals surface area contributed by atoms with Crippen LogP contribution in [-0.2, 0) is 10.0 Å². The van der Waals surface area contributed by atoms with Crippen LogP contribution in [0.4, 0.5) is 0 Å². The van der Waals surface area contributed by atoms with E-state index < -0.39 is 10.0 Å². The molecule has 1 aromatic heterocycles. The number of aromatic nitrogens is 1. The van der Waals surface area contributed by atoms with Crippen LogP contribution in [0.1, 0.15) is 0 Å². The highest BCUT2D eigenvalue weighted by atomic mass is 32.2. The number of nitrogens with two attached hydrogens (primary N) is 1. The molecular weight excluding hydrogens is 238 g/mol. The maximum Gasteiger partial charge on any atom is 0.242 e. The third-order valence-corrected chi connectivity index (χ3v) is 3.81. The lowest BCUT2D eigenvalue weighted by Crippen LogP contribution is -2.29. The Balaban J connectivity index is 2.55. The Hall–Kier alpha value is -1.50. The molecule has 0 spiro atoms. The van der Waals surface area contributed by atoms with Gasteiger partial charge in [0.25, 0.3) is 0 Å². The van der Waals surface area contributed by atoms with Crippen LogP contribution in [0.25, 0.3) is 10.9 Å². The summed E-state index contributed by atoms with van der Waals surface area (Å²) in [5, 5.41) is 0.795. The Morgan fingerprint density at radius 3 is 2.76 bits per heavy atom. The van der Waals surface area contributed by atoms with Crippen LogP contribution < -0.4 is 10.5 Å². The van der Waals surface area contributed by atoms with Crippen LogP contribution in [0.3, 0.4) is 0 Å². The number of nitrogens with one attached hydrogen (secondary N) is 1. The van der Waals surface area contributed by atoms with E-state index >= 15 is 0 Å². The van der Waals surface area contributed by atoms with Crippen molar-refractivity contribution < 1.29 is 8.42 Å². The first kappa shape index (κ1) is 12.0. The smallest absolute Gasteiger partial charge is 0.242 e. The molecule has 0 aliphatic heterocycles. The van der Waals surface area contributed by atoms with Crippen LogP contribution >= 0.6 is 0 Å². The van der Waals surface area contributed by atoms with Gasteiger partial charge in [-0.3, -0.25) is 4.98 Å². The van der Waals surface area contributed by atoms with Crippen molar-refractivity contribution in [2.45, 2.75) is 4.90 Å². The summed E-state index contributed by atoms with van der Waals surface area (Å²) in [6, 6.07) is 8.65. The molecule has 0 aliphatic carbocycles. The predicted molar refractivity (Wildman–Crippen MR) is 66.0 cm³/mol. The summed E-state index contributed by atoms with van der Waals surface area (Å²) in [5.41, 5.74) is 5.76. The van der Waals surface area contributed by atoms with Gasteiger partial charge in [-0.15, -0.1) is 0 Å². The molecule has 90 valence electrons. The molecule has 0 amide bonds. The zero-order valence-electron chi connectivity index (χ0n) is 9.13. The maximum atomic E-state index is 12.0. The van der Waals surface area contributed by atoms with Crippen molar-refractivity contribution >= 4 is 20.9 Å². The fourth-order valence-electron chi connectivity index (χ4n) is 1.56. The highest BCUT2D eigenvalue weighted by Crippen LogP contribution is 2.19. The van der Waals surface area contributed by atoms with E-state index in [1.165, 1.54) is 6.07 Å². The van der Waals surface area contributed by atoms with Gasteiger partial charge in [-0.05, 0) is 12.1 Å². The van der Waals surface area contributed by atoms with Gasteiger partial charge >= 0.3 is 0 Å². The summed E-state index contributed by atoms with van der Waals surface area (Å²) in [7, 11) is -3.54. The van der Waals surface area contributed by atoms with Gasteiger partial charge in [0.2, 0.25) is 10.0 Å². The van der Waals surface area contributed by atoms with Gasteiger partial charge in [-0.25, -0.2) is 13.1 Å². The molecule has 1 heterocycles. The molecule has 0 fully saturated rings. The molecule has 2 aromatic rings. The number of hydrogen-bond donors (Lipinski definition) is 2. The van der Waals surface area contributed by atoms with E-state index in [2.05, 4.69) is 9.71 Å². The second kappa shape index (κ2) is 4.79. The first-order chi connectivity index (χ1) is 8.15. The lowest BCUT2D eigenvalue weighted by Gasteiger charge is -2.07. The second-order valence-electron chi connectivity index (χ2n) is 3.52. The van der Waals surface area contributed by atoms with Crippen LogP contribution in [0.5, 0.6) is 0 Å². The topological polar surface area (TPSA) is 85.1 Å². The Labute approximate surface area is 99.7 Å². The molecule has 5 nitrogen and oxygen atoms in total. The van der Waals surface area contributed by atoms with Gasteiger partial charge in [-0.2, -0.15) is 0 Å². The number of fused-ring (bicyclic) bond motifs is 1. The summed E-state index contributed by atoms with van der Waals surface area (Å²) in [6.07, 6.45) is 1.57. The summed E-state index contributed by atoms with van der Waals surface area (Å²) in [4.78, 5) is 4.29. The first-order valence-electron chi connectivity index (χ1n) is 5.18. The lowest BCUT2D eigenvalue weighted by molar-refractivity contribution is 0.583. The first-order valence-corrected chi connectivity index (χ1v) is 6.67. The number of benzene rings is 1. The predicted octanol–water partition coefficient (Wildman–Crippen LogP) is 0.472. The molecule has 0 unspecified atom stereocenters. The summed E-state index contributed by atoms with van der Waals surface area (Å²) < 4.78 is 26.4. The normalized spacial score (nSPS) is 11.8. The Morgan fingerprint density at radius 2 is 2.00 bits per heavy atom. The molecule has 0 radical (unpaired) electrons. The standard InChI is InChI=1S/C11H13N3O2S/c12-6-8-14-17(15,16)10-5-1-3-9-4-2-7-13-11(9)10/h1-5,7,14H,6,8,12H2. The van der Waals surface area contributed by atoms with Crippen molar-refractivity contribution in [2.75, 3.05) is 13.1 Å². The van der Waals surface area contributed by atoms with Crippen molar-refractivity contribution in [3.8, 4) is 0 Å². The average molecular weight is 251 g/mol. The number of rotatable bonds is 4. The highest BCUT2D eigenvalue weighted by Gasteiger charge is 2.16. The fraction of sp³-hybridized carbons (Fsp3) is 0.182. The molecule has 1 aromatic carbocycles. The molecule has 0 saturated heterocycles. The SMILES string of the molecule is NCCNS(=O)(=O)c1cccc2cccnc12. The van der Waals surface area contributed by atoms with E-state index in [4.69, 9.17) is 5.73 Å². The second-order valence-corrected chi connectivity index (χ2v) is 5.25. The number of para-hydroxylation sites is 1. The molecule has 6 heteroatoms. The van der Waals surface area contributed by atoms with E-state index in [-0.39, 0.29) is 18.0 Å². The molecule has 0 saturated carbocycles. The van der Waals surface area contributed by atoms with Gasteiger partial charge in [0.05, 0.1) is 5.52 Å². The minimum absolute atomic E-state index is 0.184. The van der Waals surface area contributed by atoms with E-state index in [1.807, 2.05) is 12.1 Å². The van der Waals surface area contributed by atoms with Gasteiger partial charge in [0.15, 0.2) is 0 Å². The Bertz CT molecular complexity index is 620. The summed E-state index contributed by atoms with van der Waals surface area (Å²) in [6.45, 7) is 0.475. The van der Waals surface area contributed by atoms with Crippen LogP contribution in [0.2, 0.25) is 0 Å². The van der Waals surface area contributed by atoms with Gasteiger partial charge in [0.1, 0.15) is 4.90 Å². The summed E-state index contributed by atoms with van der Waals surface area (Å²) in [5.74, 6) is 0. The van der Waals surface area contributed by atoms with E-state index in [9.17, 15) is 8.42 Å². The Kier molecular flexibility index (Phi) is 3.37. The van der Waals surface area contributed by atoms with Crippen molar-refractivity contribution in [3.05, 3.63) is 36.5 Å². The molecule has 0 aliphatic rings. The van der Waals surface area contributed by atoms with Crippen LogP contribution in [0, 0.1) is 0 Å². The minimum atomic E-state index is -3.54. The summed E-state index contributed by atoms with van der Waals surface area (Å²) >= 11 is 0. The van der Waals surface area contributed by atoms with Gasteiger partial charge < -0.3 is 5.73 Å². The number of nitrogens with zero attached hydrogens (tertiary/aromatic N) is 1. The zero-order chi connectivity index (χ0) is 12.3. The van der Waals surface area contributed by atoms with Gasteiger partial charge in [0, 0.05) is 24.7 Å². The molecule has 0 atom stereocenters. The highest BCUT2D eigenvalue weighted by molar-refractivity contribution is 7.89. The lowest BCUT2D eigenvalue weighted by atomic mass is 10.2. The Morgan fingerprint density at radius 1 is 1.24 bits per heavy atom. The third-order valence-electron chi connectivity index (χ3n) is 2.32. The van der Waals surface area contributed by atoms with Crippen molar-refractivity contribution in [1.29, 1.82) is 0 Å². The molecular formula is C11H13N3O2S. The van der Waals surface area contributed by atoms with E-state index in [0.29, 0.717) is 5.52 Å². The van der Waals surface area contributed by atoms with E-state index in [1.54, 1.807) is 18.3 Å². The largest absolute Gasteiger partial charge is 0.329 e. The monoisotopic (exact) mass is 251 g/mol. The van der Waals surface area contributed by atoms with Crippen molar-refractivity contribution in [3.63, 3.8) is 0 Å². The van der Waals surface area contributed by atoms with Crippen LogP contribution in [0.15, 0.2) is 41.4 Å². The van der Waals surface area contributed by atoms with Crippen LogP contribution in [-0.4, -0.2) is 26.5 Å². The van der Waals surface area contributed by atoms with Crippen molar-refractivity contribution in [2.24, 2.45) is 5.73 Å². The minimum Gasteiger partial charge on any atom is -0.329 e. The molecule has 3 N–H and O–H groups in total. The van der Waals surface area contributed by atoms with E-state index in [0.717, 1.165) is 5.39 Å². The molecule has 0 bridgehead atoms. The number of hydrogen-bond acceptors (Lipinski definition) is 4. The number of pyridine rings is 1. The fourth-order valence-corrected chi connectivity index (χ4v) is 2.79. The third kappa shape index (κ3) is 2.44. The average Bonchev–Trinajstić information content (AvgIpc) is 2.36. The molecule has 2 rings (SSSR count). The number of sulfonamides is 1. The zero-order valence-corrected chi connectivity index (χ0v) is 9.94. The maximum absolute atomic E-state index is 12.0.